The summed E-state index contributed by atoms with van der Waals surface area (Å²) >= 11 is 6.21. The summed E-state index contributed by atoms with van der Waals surface area (Å²) in [6, 6.07) is 14.4. The number of nitrogens with zero attached hydrogens (tertiary/aromatic N) is 1. The third-order valence-corrected chi connectivity index (χ3v) is 6.76. The predicted octanol–water partition coefficient (Wildman–Crippen LogP) is 5.43. The summed E-state index contributed by atoms with van der Waals surface area (Å²) in [6.45, 7) is 6.27. The highest BCUT2D eigenvalue weighted by molar-refractivity contribution is 7.89. The Labute approximate surface area is 166 Å². The smallest absolute Gasteiger partial charge is 0.264 e. The standard InChI is InChI=1S/C22H22ClNO2S/c1-17-8-12-20(13-9-17)27(25,26)24-15-14-22(2,3)19(16-24)11-10-18-6-4-5-7-21(18)23/h4-10,12-15H,16H2,1-3H3. The molecule has 3 rings (SSSR count). The van der Waals surface area contributed by atoms with Gasteiger partial charge in [-0.15, -0.1) is 5.73 Å². The first-order valence-corrected chi connectivity index (χ1v) is 10.5. The summed E-state index contributed by atoms with van der Waals surface area (Å²) in [5, 5.41) is 0.638. The van der Waals surface area contributed by atoms with Gasteiger partial charge in [-0.25, -0.2) is 8.42 Å². The molecule has 0 radical (unpaired) electrons. The predicted molar refractivity (Wildman–Crippen MR) is 111 cm³/mol. The Morgan fingerprint density at radius 1 is 1.11 bits per heavy atom. The molecule has 0 fully saturated rings. The Kier molecular flexibility index (Phi) is 5.34. The number of benzene rings is 2. The molecule has 1 aliphatic heterocycles. The van der Waals surface area contributed by atoms with E-state index in [4.69, 9.17) is 11.6 Å². The largest absolute Gasteiger partial charge is 0.269 e. The minimum atomic E-state index is -3.61. The fourth-order valence-corrected chi connectivity index (χ4v) is 4.24. The molecule has 1 aliphatic rings. The number of hydrogen-bond acceptors (Lipinski definition) is 2. The highest BCUT2D eigenvalue weighted by Crippen LogP contribution is 2.34. The van der Waals surface area contributed by atoms with E-state index in [1.807, 2.05) is 57.2 Å². The third kappa shape index (κ3) is 4.19. The molecule has 0 spiro atoms. The van der Waals surface area contributed by atoms with Crippen molar-refractivity contribution in [2.75, 3.05) is 6.54 Å². The first-order valence-electron chi connectivity index (χ1n) is 8.69. The first kappa shape index (κ1) is 19.5. The zero-order valence-corrected chi connectivity index (χ0v) is 17.2. The van der Waals surface area contributed by atoms with Gasteiger partial charge in [0.15, 0.2) is 0 Å². The van der Waals surface area contributed by atoms with Crippen LogP contribution in [0.15, 0.2) is 77.0 Å². The molecule has 27 heavy (non-hydrogen) atoms. The van der Waals surface area contributed by atoms with Crippen LogP contribution in [-0.4, -0.2) is 19.3 Å². The van der Waals surface area contributed by atoms with Crippen LogP contribution in [0, 0.1) is 12.3 Å². The molecule has 0 aliphatic carbocycles. The molecule has 3 nitrogen and oxygen atoms in total. The fraction of sp³-hybridized carbons (Fsp3) is 0.227. The normalized spacial score (nSPS) is 16.1. The molecule has 140 valence electrons. The molecule has 2 aromatic carbocycles. The zero-order valence-electron chi connectivity index (χ0n) is 15.6. The number of sulfonamides is 1. The highest BCUT2D eigenvalue weighted by atomic mass is 35.5. The summed E-state index contributed by atoms with van der Waals surface area (Å²) in [7, 11) is -3.61. The van der Waals surface area contributed by atoms with Crippen LogP contribution in [0.5, 0.6) is 0 Å². The lowest BCUT2D eigenvalue weighted by Crippen LogP contribution is -2.35. The zero-order chi connectivity index (χ0) is 19.7. The minimum Gasteiger partial charge on any atom is -0.269 e. The minimum absolute atomic E-state index is 0.251. The lowest BCUT2D eigenvalue weighted by Gasteiger charge is -2.33. The molecule has 0 bridgehead atoms. The molecule has 0 unspecified atom stereocenters. The molecule has 0 saturated carbocycles. The topological polar surface area (TPSA) is 37.4 Å². The van der Waals surface area contributed by atoms with Crippen LogP contribution in [-0.2, 0) is 10.0 Å². The van der Waals surface area contributed by atoms with Crippen molar-refractivity contribution in [3.63, 3.8) is 0 Å². The van der Waals surface area contributed by atoms with E-state index in [0.717, 1.165) is 16.7 Å². The summed E-state index contributed by atoms with van der Waals surface area (Å²) in [5.41, 5.74) is 5.74. The monoisotopic (exact) mass is 399 g/mol. The SMILES string of the molecule is Cc1ccc(S(=O)(=O)N2C=CC(C)(C)C(=C=Cc3ccccc3Cl)C2)cc1. The Balaban J connectivity index is 1.99. The van der Waals surface area contributed by atoms with Gasteiger partial charge in [0, 0.05) is 27.8 Å². The van der Waals surface area contributed by atoms with Gasteiger partial charge in [0.2, 0.25) is 0 Å². The van der Waals surface area contributed by atoms with Crippen molar-refractivity contribution in [3.05, 3.63) is 88.3 Å². The van der Waals surface area contributed by atoms with Gasteiger partial charge in [-0.1, -0.05) is 67.4 Å². The molecule has 1 heterocycles. The van der Waals surface area contributed by atoms with Gasteiger partial charge in [0.25, 0.3) is 10.0 Å². The molecule has 0 N–H and O–H groups in total. The van der Waals surface area contributed by atoms with Crippen LogP contribution < -0.4 is 0 Å². The Morgan fingerprint density at radius 2 is 1.78 bits per heavy atom. The van der Waals surface area contributed by atoms with E-state index in [2.05, 4.69) is 5.73 Å². The van der Waals surface area contributed by atoms with Crippen molar-refractivity contribution < 1.29 is 8.42 Å². The molecular weight excluding hydrogens is 378 g/mol. The van der Waals surface area contributed by atoms with Gasteiger partial charge in [-0.05, 0) is 31.2 Å². The molecular formula is C22H22ClNO2S. The van der Waals surface area contributed by atoms with Crippen LogP contribution in [0.3, 0.4) is 0 Å². The summed E-state index contributed by atoms with van der Waals surface area (Å²) < 4.78 is 27.3. The van der Waals surface area contributed by atoms with Crippen LogP contribution in [0.25, 0.3) is 6.08 Å². The van der Waals surface area contributed by atoms with Crippen molar-refractivity contribution in [2.45, 2.75) is 25.7 Å². The maximum atomic E-state index is 13.0. The molecule has 0 amide bonds. The molecule has 0 atom stereocenters. The fourth-order valence-electron chi connectivity index (χ4n) is 2.78. The quantitative estimate of drug-likeness (QED) is 0.645. The first-order chi connectivity index (χ1) is 12.7. The number of hydrogen-bond donors (Lipinski definition) is 0. The van der Waals surface area contributed by atoms with Gasteiger partial charge in [-0.2, -0.15) is 0 Å². The second-order valence-corrected chi connectivity index (χ2v) is 9.49. The van der Waals surface area contributed by atoms with E-state index in [0.29, 0.717) is 5.02 Å². The lowest BCUT2D eigenvalue weighted by atomic mass is 9.83. The average Bonchev–Trinajstić information content (AvgIpc) is 2.62. The molecule has 0 saturated heterocycles. The van der Waals surface area contributed by atoms with Crippen molar-refractivity contribution in [1.82, 2.24) is 4.31 Å². The molecule has 2 aromatic rings. The van der Waals surface area contributed by atoms with Gasteiger partial charge < -0.3 is 0 Å². The summed E-state index contributed by atoms with van der Waals surface area (Å²) in [5.74, 6) is 0. The molecule has 5 heteroatoms. The van der Waals surface area contributed by atoms with Gasteiger partial charge >= 0.3 is 0 Å². The van der Waals surface area contributed by atoms with E-state index < -0.39 is 10.0 Å². The Morgan fingerprint density at radius 3 is 2.44 bits per heavy atom. The van der Waals surface area contributed by atoms with Crippen molar-refractivity contribution >= 4 is 27.7 Å². The van der Waals surface area contributed by atoms with E-state index in [1.165, 1.54) is 4.31 Å². The highest BCUT2D eigenvalue weighted by Gasteiger charge is 2.31. The van der Waals surface area contributed by atoms with Gasteiger partial charge in [0.1, 0.15) is 0 Å². The Hall–Kier alpha value is -2.26. The van der Waals surface area contributed by atoms with E-state index in [1.54, 1.807) is 30.5 Å². The second kappa shape index (κ2) is 7.40. The average molecular weight is 400 g/mol. The van der Waals surface area contributed by atoms with Crippen LogP contribution in [0.4, 0.5) is 0 Å². The second-order valence-electron chi connectivity index (χ2n) is 7.19. The number of halogens is 1. The summed E-state index contributed by atoms with van der Waals surface area (Å²) in [4.78, 5) is 0.284. The third-order valence-electron chi connectivity index (χ3n) is 4.68. The van der Waals surface area contributed by atoms with Crippen molar-refractivity contribution in [2.24, 2.45) is 5.41 Å². The number of allylic oxidation sites excluding steroid dienone is 1. The van der Waals surface area contributed by atoms with Crippen LogP contribution in [0.2, 0.25) is 5.02 Å². The lowest BCUT2D eigenvalue weighted by molar-refractivity contribution is 0.446. The van der Waals surface area contributed by atoms with E-state index in [-0.39, 0.29) is 16.9 Å². The van der Waals surface area contributed by atoms with Crippen LogP contribution >= 0.6 is 11.6 Å². The van der Waals surface area contributed by atoms with E-state index in [9.17, 15) is 8.42 Å². The number of aryl methyl sites for hydroxylation is 1. The summed E-state index contributed by atoms with van der Waals surface area (Å²) in [6.07, 6.45) is 5.36. The molecule has 0 aromatic heterocycles. The Bertz CT molecular complexity index is 1040. The van der Waals surface area contributed by atoms with E-state index >= 15 is 0 Å². The van der Waals surface area contributed by atoms with Gasteiger partial charge in [0.05, 0.1) is 11.4 Å². The maximum Gasteiger partial charge on any atom is 0.264 e. The van der Waals surface area contributed by atoms with Crippen LogP contribution in [0.1, 0.15) is 25.0 Å². The van der Waals surface area contributed by atoms with Crippen molar-refractivity contribution in [3.8, 4) is 0 Å². The van der Waals surface area contributed by atoms with Crippen molar-refractivity contribution in [1.29, 1.82) is 0 Å². The number of rotatable bonds is 3. The maximum absolute atomic E-state index is 13.0. The van der Waals surface area contributed by atoms with Gasteiger partial charge in [-0.3, -0.25) is 4.31 Å².